The number of rotatable bonds is 8. The zero-order valence-corrected chi connectivity index (χ0v) is 10.5. The monoisotopic (exact) mass is 239 g/mol. The van der Waals surface area contributed by atoms with Gasteiger partial charge in [0.2, 0.25) is 0 Å². The molecule has 1 atom stereocenters. The highest BCUT2D eigenvalue weighted by Crippen LogP contribution is 2.10. The smallest absolute Gasteiger partial charge is 0.119 e. The lowest BCUT2D eigenvalue weighted by molar-refractivity contribution is 0.304. The fraction of sp³-hybridized carbons (Fsp3) is 0.538. The average Bonchev–Trinajstić information content (AvgIpc) is 2.34. The SMILES string of the molecule is N[C@H](CS)CCCCCOc1ccccc1. The summed E-state index contributed by atoms with van der Waals surface area (Å²) in [6.45, 7) is 0.792. The predicted octanol–water partition coefficient (Wildman–Crippen LogP) is 2.88. The van der Waals surface area contributed by atoms with Crippen LogP contribution in [0.15, 0.2) is 30.3 Å². The molecule has 1 aromatic rings. The molecule has 0 saturated carbocycles. The van der Waals surface area contributed by atoms with E-state index in [1.165, 1.54) is 12.8 Å². The highest BCUT2D eigenvalue weighted by atomic mass is 32.1. The van der Waals surface area contributed by atoms with E-state index in [1.54, 1.807) is 0 Å². The number of nitrogens with two attached hydrogens (primary N) is 1. The third kappa shape index (κ3) is 6.03. The molecule has 0 aromatic heterocycles. The molecule has 0 bridgehead atoms. The fourth-order valence-corrected chi connectivity index (χ4v) is 1.67. The summed E-state index contributed by atoms with van der Waals surface area (Å²) in [5.41, 5.74) is 5.77. The van der Waals surface area contributed by atoms with Crippen LogP contribution in [0.1, 0.15) is 25.7 Å². The van der Waals surface area contributed by atoms with Gasteiger partial charge in [-0.1, -0.05) is 31.0 Å². The summed E-state index contributed by atoms with van der Waals surface area (Å²) in [4.78, 5) is 0. The summed E-state index contributed by atoms with van der Waals surface area (Å²) in [5, 5.41) is 0. The van der Waals surface area contributed by atoms with Crippen LogP contribution in [0.25, 0.3) is 0 Å². The lowest BCUT2D eigenvalue weighted by atomic mass is 10.1. The minimum absolute atomic E-state index is 0.248. The zero-order valence-electron chi connectivity index (χ0n) is 9.64. The molecule has 0 unspecified atom stereocenters. The van der Waals surface area contributed by atoms with Gasteiger partial charge in [-0.2, -0.15) is 12.6 Å². The van der Waals surface area contributed by atoms with Gasteiger partial charge in [0.25, 0.3) is 0 Å². The Morgan fingerprint density at radius 1 is 1.12 bits per heavy atom. The molecular weight excluding hydrogens is 218 g/mol. The normalized spacial score (nSPS) is 12.4. The zero-order chi connectivity index (χ0) is 11.6. The van der Waals surface area contributed by atoms with Gasteiger partial charge in [-0.15, -0.1) is 0 Å². The van der Waals surface area contributed by atoms with Crippen molar-refractivity contribution in [2.45, 2.75) is 31.7 Å². The Hall–Kier alpha value is -0.670. The largest absolute Gasteiger partial charge is 0.494 e. The van der Waals surface area contributed by atoms with Crippen molar-refractivity contribution >= 4 is 12.6 Å². The van der Waals surface area contributed by atoms with Crippen LogP contribution in [0.4, 0.5) is 0 Å². The van der Waals surface area contributed by atoms with Crippen molar-refractivity contribution in [1.82, 2.24) is 0 Å². The average molecular weight is 239 g/mol. The van der Waals surface area contributed by atoms with Gasteiger partial charge < -0.3 is 10.5 Å². The van der Waals surface area contributed by atoms with Crippen molar-refractivity contribution in [2.75, 3.05) is 12.4 Å². The Kier molecular flexibility index (Phi) is 7.10. The van der Waals surface area contributed by atoms with Crippen LogP contribution in [0.3, 0.4) is 0 Å². The van der Waals surface area contributed by atoms with Gasteiger partial charge in [-0.05, 0) is 25.0 Å². The molecule has 0 amide bonds. The minimum atomic E-state index is 0.248. The van der Waals surface area contributed by atoms with Gasteiger partial charge in [0, 0.05) is 11.8 Å². The highest BCUT2D eigenvalue weighted by molar-refractivity contribution is 7.80. The summed E-state index contributed by atoms with van der Waals surface area (Å²) in [6, 6.07) is 10.2. The maximum Gasteiger partial charge on any atom is 0.119 e. The second-order valence-corrected chi connectivity index (χ2v) is 4.32. The van der Waals surface area contributed by atoms with Gasteiger partial charge in [-0.25, -0.2) is 0 Å². The number of ether oxygens (including phenoxy) is 1. The van der Waals surface area contributed by atoms with Crippen LogP contribution in [-0.2, 0) is 0 Å². The van der Waals surface area contributed by atoms with E-state index >= 15 is 0 Å². The van der Waals surface area contributed by atoms with Gasteiger partial charge in [-0.3, -0.25) is 0 Å². The van der Waals surface area contributed by atoms with Crippen molar-refractivity contribution in [3.8, 4) is 5.75 Å². The van der Waals surface area contributed by atoms with Gasteiger partial charge >= 0.3 is 0 Å². The molecule has 0 fully saturated rings. The molecule has 2 N–H and O–H groups in total. The first-order valence-corrected chi connectivity index (χ1v) is 6.50. The topological polar surface area (TPSA) is 35.2 Å². The third-order valence-electron chi connectivity index (χ3n) is 2.47. The number of hydrogen-bond donors (Lipinski definition) is 2. The van der Waals surface area contributed by atoms with E-state index in [4.69, 9.17) is 10.5 Å². The van der Waals surface area contributed by atoms with Crippen LogP contribution in [-0.4, -0.2) is 18.4 Å². The van der Waals surface area contributed by atoms with Crippen LogP contribution in [0.2, 0.25) is 0 Å². The Morgan fingerprint density at radius 2 is 1.88 bits per heavy atom. The lowest BCUT2D eigenvalue weighted by Crippen LogP contribution is -2.21. The van der Waals surface area contributed by atoms with Crippen LogP contribution >= 0.6 is 12.6 Å². The van der Waals surface area contributed by atoms with Gasteiger partial charge in [0.1, 0.15) is 5.75 Å². The molecule has 3 heteroatoms. The Labute approximate surface area is 104 Å². The van der Waals surface area contributed by atoms with Gasteiger partial charge in [0.05, 0.1) is 6.61 Å². The molecule has 0 aliphatic heterocycles. The van der Waals surface area contributed by atoms with E-state index in [9.17, 15) is 0 Å². The summed E-state index contributed by atoms with van der Waals surface area (Å²) in [5.74, 6) is 1.73. The number of thiol groups is 1. The standard InChI is InChI=1S/C13H21NOS/c14-12(11-16)7-3-2-6-10-15-13-8-4-1-5-9-13/h1,4-5,8-9,12,16H,2-3,6-7,10-11,14H2/t12-/m0/s1. The molecule has 1 rings (SSSR count). The Bertz CT molecular complexity index is 266. The van der Waals surface area contributed by atoms with Crippen LogP contribution in [0.5, 0.6) is 5.75 Å². The quantitative estimate of drug-likeness (QED) is 0.540. The molecule has 0 radical (unpaired) electrons. The van der Waals surface area contributed by atoms with Crippen LogP contribution in [0, 0.1) is 0 Å². The molecule has 0 aliphatic carbocycles. The Morgan fingerprint density at radius 3 is 2.56 bits per heavy atom. The van der Waals surface area contributed by atoms with E-state index in [-0.39, 0.29) is 6.04 Å². The molecule has 2 nitrogen and oxygen atoms in total. The first-order chi connectivity index (χ1) is 7.83. The highest BCUT2D eigenvalue weighted by Gasteiger charge is 1.98. The molecule has 0 saturated heterocycles. The fourth-order valence-electron chi connectivity index (χ4n) is 1.48. The number of hydrogen-bond acceptors (Lipinski definition) is 3. The van der Waals surface area contributed by atoms with E-state index in [0.717, 1.165) is 31.0 Å². The Balaban J connectivity index is 1.96. The maximum absolute atomic E-state index is 5.77. The summed E-state index contributed by atoms with van der Waals surface area (Å²) >= 11 is 4.16. The third-order valence-corrected chi connectivity index (χ3v) is 2.93. The maximum atomic E-state index is 5.77. The van der Waals surface area contributed by atoms with Crippen molar-refractivity contribution < 1.29 is 4.74 Å². The van der Waals surface area contributed by atoms with Crippen molar-refractivity contribution in [3.05, 3.63) is 30.3 Å². The van der Waals surface area contributed by atoms with Crippen LogP contribution < -0.4 is 10.5 Å². The second-order valence-electron chi connectivity index (χ2n) is 3.95. The van der Waals surface area contributed by atoms with Crippen molar-refractivity contribution in [2.24, 2.45) is 5.73 Å². The second kappa shape index (κ2) is 8.48. The first kappa shape index (κ1) is 13.4. The van der Waals surface area contributed by atoms with Crippen molar-refractivity contribution in [3.63, 3.8) is 0 Å². The summed E-state index contributed by atoms with van der Waals surface area (Å²) in [7, 11) is 0. The summed E-state index contributed by atoms with van der Waals surface area (Å²) < 4.78 is 5.59. The molecule has 0 aliphatic rings. The number of para-hydroxylation sites is 1. The predicted molar refractivity (Wildman–Crippen MR) is 72.2 cm³/mol. The minimum Gasteiger partial charge on any atom is -0.494 e. The molecule has 90 valence electrons. The van der Waals surface area contributed by atoms with E-state index in [2.05, 4.69) is 12.6 Å². The number of benzene rings is 1. The van der Waals surface area contributed by atoms with E-state index < -0.39 is 0 Å². The lowest BCUT2D eigenvalue weighted by Gasteiger charge is -2.08. The number of unbranched alkanes of at least 4 members (excludes halogenated alkanes) is 2. The molecule has 0 spiro atoms. The first-order valence-electron chi connectivity index (χ1n) is 5.87. The van der Waals surface area contributed by atoms with E-state index in [1.807, 2.05) is 30.3 Å². The van der Waals surface area contributed by atoms with Crippen molar-refractivity contribution in [1.29, 1.82) is 0 Å². The molecule has 16 heavy (non-hydrogen) atoms. The molecule has 0 heterocycles. The summed E-state index contributed by atoms with van der Waals surface area (Å²) in [6.07, 6.45) is 4.50. The van der Waals surface area contributed by atoms with Gasteiger partial charge in [0.15, 0.2) is 0 Å². The molecular formula is C13H21NOS. The molecule has 1 aromatic carbocycles. The van der Waals surface area contributed by atoms with E-state index in [0.29, 0.717) is 0 Å².